The number of nitrogens with zero attached hydrogens (tertiary/aromatic N) is 2. The van der Waals surface area contributed by atoms with Crippen LogP contribution in [0.2, 0.25) is 0 Å². The predicted molar refractivity (Wildman–Crippen MR) is 135 cm³/mol. The summed E-state index contributed by atoms with van der Waals surface area (Å²) in [7, 11) is 0. The Kier molecular flexibility index (Phi) is 8.00. The Balaban J connectivity index is 1.56. The van der Waals surface area contributed by atoms with E-state index in [1.54, 1.807) is 11.8 Å². The number of piperidine rings is 1. The lowest BCUT2D eigenvalue weighted by atomic mass is 9.85. The molecule has 8 nitrogen and oxygen atoms in total. The normalized spacial score (nSPS) is 17.6. The highest BCUT2D eigenvalue weighted by atomic mass is 32.1. The van der Waals surface area contributed by atoms with Crippen molar-refractivity contribution in [1.29, 1.82) is 0 Å². The monoisotopic (exact) mass is 546 g/mol. The Hall–Kier alpha value is -3.93. The zero-order valence-electron chi connectivity index (χ0n) is 20.5. The molecule has 1 saturated heterocycles. The number of hydrogen-bond acceptors (Lipinski definition) is 6. The van der Waals surface area contributed by atoms with E-state index >= 15 is 0 Å². The van der Waals surface area contributed by atoms with Gasteiger partial charge in [0.15, 0.2) is 5.13 Å². The standard InChI is InChI=1S/C26H25F3N4O4S/c1-15-22(38-25(30-15)31-16(2)34)24(36)33-13-12-20(19(14-33)17-8-4-3-5-9-17)32-23(35)18-10-6-7-11-21(18)37-26(27,28)29/h3-11,19-20H,12-14H2,1-2H3,(H,32,35)(H,30,31,34)/t19-,20-/m1/s1. The fourth-order valence-electron chi connectivity index (χ4n) is 4.40. The molecule has 1 aromatic heterocycles. The second kappa shape index (κ2) is 11.2. The number of ether oxygens (including phenoxy) is 1. The van der Waals surface area contributed by atoms with Crippen molar-refractivity contribution >= 4 is 34.2 Å². The summed E-state index contributed by atoms with van der Waals surface area (Å²) in [5.41, 5.74) is 1.13. The number of anilines is 1. The van der Waals surface area contributed by atoms with Gasteiger partial charge >= 0.3 is 6.36 Å². The minimum atomic E-state index is -4.94. The third-order valence-corrected chi connectivity index (χ3v) is 7.14. The zero-order chi connectivity index (χ0) is 27.4. The molecule has 200 valence electrons. The van der Waals surface area contributed by atoms with E-state index in [2.05, 4.69) is 20.4 Å². The van der Waals surface area contributed by atoms with Crippen LogP contribution in [0.3, 0.4) is 0 Å². The van der Waals surface area contributed by atoms with Crippen LogP contribution in [0.25, 0.3) is 0 Å². The summed E-state index contributed by atoms with van der Waals surface area (Å²) in [6, 6.07) is 14.0. The number of carbonyl (C=O) groups is 3. The Morgan fingerprint density at radius 3 is 2.45 bits per heavy atom. The number of hydrogen-bond donors (Lipinski definition) is 2. The fraction of sp³-hybridized carbons (Fsp3) is 0.308. The SMILES string of the molecule is CC(=O)Nc1nc(C)c(C(=O)N2CC[C@@H](NC(=O)c3ccccc3OC(F)(F)F)[C@@H](c3ccccc3)C2)s1. The maximum Gasteiger partial charge on any atom is 0.573 e. The van der Waals surface area contributed by atoms with Crippen molar-refractivity contribution < 1.29 is 32.3 Å². The number of nitrogens with one attached hydrogen (secondary N) is 2. The molecular formula is C26H25F3N4O4S. The van der Waals surface area contributed by atoms with E-state index in [1.807, 2.05) is 30.3 Å². The summed E-state index contributed by atoms with van der Waals surface area (Å²) in [6.45, 7) is 3.62. The first-order valence-corrected chi connectivity index (χ1v) is 12.6. The fourth-order valence-corrected chi connectivity index (χ4v) is 5.38. The summed E-state index contributed by atoms with van der Waals surface area (Å²) < 4.78 is 42.6. The molecule has 12 heteroatoms. The summed E-state index contributed by atoms with van der Waals surface area (Å²) in [5, 5.41) is 5.79. The van der Waals surface area contributed by atoms with Crippen LogP contribution in [0.5, 0.6) is 5.75 Å². The third-order valence-electron chi connectivity index (χ3n) is 6.08. The van der Waals surface area contributed by atoms with E-state index in [4.69, 9.17) is 0 Å². The van der Waals surface area contributed by atoms with Gasteiger partial charge in [0.1, 0.15) is 10.6 Å². The van der Waals surface area contributed by atoms with E-state index in [0.717, 1.165) is 23.0 Å². The highest BCUT2D eigenvalue weighted by Gasteiger charge is 2.36. The van der Waals surface area contributed by atoms with Crippen molar-refractivity contribution in [3.05, 3.63) is 76.3 Å². The molecule has 2 N–H and O–H groups in total. The van der Waals surface area contributed by atoms with Gasteiger partial charge in [-0.2, -0.15) is 0 Å². The molecule has 2 heterocycles. The number of alkyl halides is 3. The lowest BCUT2D eigenvalue weighted by Gasteiger charge is -2.39. The molecule has 1 fully saturated rings. The first-order chi connectivity index (χ1) is 18.0. The molecule has 4 rings (SSSR count). The lowest BCUT2D eigenvalue weighted by Crippen LogP contribution is -2.51. The van der Waals surface area contributed by atoms with Crippen LogP contribution in [0, 0.1) is 6.92 Å². The number of carbonyl (C=O) groups excluding carboxylic acids is 3. The van der Waals surface area contributed by atoms with Gasteiger partial charge in [0.05, 0.1) is 11.3 Å². The Bertz CT molecular complexity index is 1330. The maximum absolute atomic E-state index is 13.4. The molecule has 3 amide bonds. The lowest BCUT2D eigenvalue weighted by molar-refractivity contribution is -0.274. The van der Waals surface area contributed by atoms with Gasteiger partial charge in [-0.05, 0) is 31.0 Å². The van der Waals surface area contributed by atoms with Crippen LogP contribution < -0.4 is 15.4 Å². The average Bonchev–Trinajstić information content (AvgIpc) is 3.22. The van der Waals surface area contributed by atoms with Gasteiger partial charge in [-0.15, -0.1) is 13.2 Å². The topological polar surface area (TPSA) is 101 Å². The Morgan fingerprint density at radius 2 is 1.76 bits per heavy atom. The summed E-state index contributed by atoms with van der Waals surface area (Å²) >= 11 is 1.09. The second-order valence-electron chi connectivity index (χ2n) is 8.80. The number of aromatic nitrogens is 1. The van der Waals surface area contributed by atoms with Crippen LogP contribution in [-0.4, -0.2) is 53.1 Å². The number of likely N-dealkylation sites (tertiary alicyclic amines) is 1. The van der Waals surface area contributed by atoms with Crippen LogP contribution in [-0.2, 0) is 4.79 Å². The van der Waals surface area contributed by atoms with Crippen molar-refractivity contribution in [2.75, 3.05) is 18.4 Å². The van der Waals surface area contributed by atoms with Crippen LogP contribution >= 0.6 is 11.3 Å². The van der Waals surface area contributed by atoms with Gasteiger partial charge in [0.25, 0.3) is 11.8 Å². The molecule has 0 aliphatic carbocycles. The second-order valence-corrected chi connectivity index (χ2v) is 9.79. The molecule has 0 spiro atoms. The maximum atomic E-state index is 13.4. The molecule has 1 aliphatic heterocycles. The van der Waals surface area contributed by atoms with Crippen LogP contribution in [0.1, 0.15) is 50.5 Å². The molecule has 0 radical (unpaired) electrons. The molecule has 0 bridgehead atoms. The summed E-state index contributed by atoms with van der Waals surface area (Å²) in [6.07, 6.45) is -4.57. The highest BCUT2D eigenvalue weighted by molar-refractivity contribution is 7.17. The molecule has 3 aromatic rings. The van der Waals surface area contributed by atoms with Gasteiger partial charge < -0.3 is 20.3 Å². The zero-order valence-corrected chi connectivity index (χ0v) is 21.4. The number of thiazole rings is 1. The largest absolute Gasteiger partial charge is 0.573 e. The number of aryl methyl sites for hydroxylation is 1. The minimum Gasteiger partial charge on any atom is -0.405 e. The number of amides is 3. The minimum absolute atomic E-state index is 0.235. The quantitative estimate of drug-likeness (QED) is 0.465. The molecule has 38 heavy (non-hydrogen) atoms. The van der Waals surface area contributed by atoms with Crippen LogP contribution in [0.4, 0.5) is 18.3 Å². The first-order valence-electron chi connectivity index (χ1n) is 11.8. The Labute approximate surface area is 220 Å². The number of rotatable bonds is 6. The average molecular weight is 547 g/mol. The third kappa shape index (κ3) is 6.49. The molecule has 2 aromatic carbocycles. The van der Waals surface area contributed by atoms with Gasteiger partial charge in [-0.3, -0.25) is 14.4 Å². The van der Waals surface area contributed by atoms with Crippen molar-refractivity contribution in [1.82, 2.24) is 15.2 Å². The molecule has 0 unspecified atom stereocenters. The molecule has 1 aliphatic rings. The van der Waals surface area contributed by atoms with E-state index in [0.29, 0.717) is 28.7 Å². The van der Waals surface area contributed by atoms with Crippen molar-refractivity contribution in [2.45, 2.75) is 38.6 Å². The summed E-state index contributed by atoms with van der Waals surface area (Å²) in [4.78, 5) is 44.2. The van der Waals surface area contributed by atoms with Gasteiger partial charge in [0.2, 0.25) is 5.91 Å². The van der Waals surface area contributed by atoms with Gasteiger partial charge in [-0.1, -0.05) is 53.8 Å². The number of para-hydroxylation sites is 1. The first kappa shape index (κ1) is 27.1. The van der Waals surface area contributed by atoms with Crippen molar-refractivity contribution in [3.63, 3.8) is 0 Å². The predicted octanol–water partition coefficient (Wildman–Crippen LogP) is 4.74. The summed E-state index contributed by atoms with van der Waals surface area (Å²) in [5.74, 6) is -2.14. The highest BCUT2D eigenvalue weighted by Crippen LogP contribution is 2.32. The van der Waals surface area contributed by atoms with Crippen molar-refractivity contribution in [3.8, 4) is 5.75 Å². The van der Waals surface area contributed by atoms with Gasteiger partial charge in [0, 0.05) is 32.0 Å². The van der Waals surface area contributed by atoms with E-state index < -0.39 is 24.1 Å². The van der Waals surface area contributed by atoms with Crippen molar-refractivity contribution in [2.24, 2.45) is 0 Å². The number of halogens is 3. The van der Waals surface area contributed by atoms with E-state index in [-0.39, 0.29) is 29.8 Å². The Morgan fingerprint density at radius 1 is 1.08 bits per heavy atom. The van der Waals surface area contributed by atoms with Crippen LogP contribution in [0.15, 0.2) is 54.6 Å². The molecule has 2 atom stereocenters. The van der Waals surface area contributed by atoms with E-state index in [9.17, 15) is 27.6 Å². The molecular weight excluding hydrogens is 521 g/mol. The van der Waals surface area contributed by atoms with Gasteiger partial charge in [-0.25, -0.2) is 4.98 Å². The molecule has 0 saturated carbocycles. The van der Waals surface area contributed by atoms with E-state index in [1.165, 1.54) is 25.1 Å². The number of benzene rings is 2. The smallest absolute Gasteiger partial charge is 0.405 e.